The van der Waals surface area contributed by atoms with Crippen LogP contribution >= 0.6 is 0 Å². The van der Waals surface area contributed by atoms with Crippen LogP contribution in [0.2, 0.25) is 0 Å². The molecule has 9 heteroatoms. The maximum absolute atomic E-state index is 12.8. The molecular formula is C15H21FN2O5S. The first-order chi connectivity index (χ1) is 11.2. The van der Waals surface area contributed by atoms with Crippen molar-refractivity contribution in [1.82, 2.24) is 10.0 Å². The number of sulfonamides is 1. The molecule has 0 aromatic heterocycles. The van der Waals surface area contributed by atoms with Crippen LogP contribution < -0.4 is 10.0 Å². The third kappa shape index (κ3) is 5.89. The third-order valence-corrected chi connectivity index (χ3v) is 5.04. The number of hydrogen-bond acceptors (Lipinski definition) is 4. The van der Waals surface area contributed by atoms with Crippen LogP contribution in [0, 0.1) is 11.7 Å². The second-order valence-corrected chi connectivity index (χ2v) is 7.14. The zero-order valence-electron chi connectivity index (χ0n) is 13.5. The molecule has 0 aliphatic carbocycles. The number of rotatable bonds is 9. The number of carboxylic acids is 1. The van der Waals surface area contributed by atoms with Crippen molar-refractivity contribution in [1.29, 1.82) is 0 Å². The van der Waals surface area contributed by atoms with Gasteiger partial charge in [-0.05, 0) is 30.2 Å². The molecule has 0 saturated carbocycles. The highest BCUT2D eigenvalue weighted by atomic mass is 32.2. The standard InChI is InChI=1S/C15H21FN2O5S/c1-3-10(2)14(15(20)21)18-13(19)8-9-17-24(22,23)12-6-4-11(16)5-7-12/h4-7,10,14,17H,3,8-9H2,1-2H3,(H,18,19)(H,20,21)/t10-,14-/m0/s1. The van der Waals surface area contributed by atoms with Gasteiger partial charge in [0.15, 0.2) is 0 Å². The molecule has 0 heterocycles. The van der Waals surface area contributed by atoms with E-state index in [1.165, 1.54) is 0 Å². The fourth-order valence-electron chi connectivity index (χ4n) is 1.92. The summed E-state index contributed by atoms with van der Waals surface area (Å²) < 4.78 is 38.9. The molecule has 0 spiro atoms. The molecule has 134 valence electrons. The third-order valence-electron chi connectivity index (χ3n) is 3.56. The molecule has 1 aromatic rings. The molecule has 2 atom stereocenters. The maximum atomic E-state index is 12.8. The largest absolute Gasteiger partial charge is 0.480 e. The molecule has 0 saturated heterocycles. The first-order valence-electron chi connectivity index (χ1n) is 7.44. The van der Waals surface area contributed by atoms with Crippen LogP contribution in [-0.2, 0) is 19.6 Å². The number of benzene rings is 1. The number of carbonyl (C=O) groups excluding carboxylic acids is 1. The van der Waals surface area contributed by atoms with Crippen LogP contribution in [0.25, 0.3) is 0 Å². The van der Waals surface area contributed by atoms with Crippen LogP contribution in [0.1, 0.15) is 26.7 Å². The smallest absolute Gasteiger partial charge is 0.326 e. The molecule has 1 aromatic carbocycles. The zero-order chi connectivity index (χ0) is 18.3. The lowest BCUT2D eigenvalue weighted by Crippen LogP contribution is -2.45. The molecule has 0 unspecified atom stereocenters. The Labute approximate surface area is 140 Å². The molecule has 0 fully saturated rings. The average Bonchev–Trinajstić information content (AvgIpc) is 2.51. The van der Waals surface area contributed by atoms with E-state index in [9.17, 15) is 22.4 Å². The van der Waals surface area contributed by atoms with Crippen LogP contribution in [0.15, 0.2) is 29.2 Å². The molecule has 1 rings (SSSR count). The molecule has 0 bridgehead atoms. The van der Waals surface area contributed by atoms with Crippen LogP contribution in [-0.4, -0.2) is 38.0 Å². The lowest BCUT2D eigenvalue weighted by Gasteiger charge is -2.20. The second-order valence-electron chi connectivity index (χ2n) is 5.37. The van der Waals surface area contributed by atoms with E-state index in [4.69, 9.17) is 5.11 Å². The number of nitrogens with one attached hydrogen (secondary N) is 2. The van der Waals surface area contributed by atoms with Gasteiger partial charge in [0.2, 0.25) is 15.9 Å². The lowest BCUT2D eigenvalue weighted by atomic mass is 9.99. The normalized spacial score (nSPS) is 14.0. The van der Waals surface area contributed by atoms with Crippen molar-refractivity contribution in [3.8, 4) is 0 Å². The first-order valence-corrected chi connectivity index (χ1v) is 8.93. The van der Waals surface area contributed by atoms with E-state index in [-0.39, 0.29) is 23.8 Å². The summed E-state index contributed by atoms with van der Waals surface area (Å²) in [6.45, 7) is 3.32. The Morgan fingerprint density at radius 3 is 2.33 bits per heavy atom. The highest BCUT2D eigenvalue weighted by Gasteiger charge is 2.25. The van der Waals surface area contributed by atoms with Crippen molar-refractivity contribution in [2.45, 2.75) is 37.6 Å². The summed E-state index contributed by atoms with van der Waals surface area (Å²) in [5.74, 6) is -2.51. The lowest BCUT2D eigenvalue weighted by molar-refractivity contribution is -0.143. The molecule has 0 radical (unpaired) electrons. The van der Waals surface area contributed by atoms with Crippen LogP contribution in [0.4, 0.5) is 4.39 Å². The van der Waals surface area contributed by atoms with Crippen LogP contribution in [0.5, 0.6) is 0 Å². The topological polar surface area (TPSA) is 113 Å². The minimum atomic E-state index is -3.85. The van der Waals surface area contributed by atoms with Gasteiger partial charge in [-0.2, -0.15) is 0 Å². The van der Waals surface area contributed by atoms with Crippen molar-refractivity contribution >= 4 is 21.9 Å². The average molecular weight is 360 g/mol. The van der Waals surface area contributed by atoms with Gasteiger partial charge >= 0.3 is 5.97 Å². The SMILES string of the molecule is CC[C@H](C)[C@H](NC(=O)CCNS(=O)(=O)c1ccc(F)cc1)C(=O)O. The minimum Gasteiger partial charge on any atom is -0.480 e. The van der Waals surface area contributed by atoms with E-state index in [0.717, 1.165) is 24.3 Å². The number of carboxylic acid groups (broad SMARTS) is 1. The van der Waals surface area contributed by atoms with E-state index >= 15 is 0 Å². The van der Waals surface area contributed by atoms with Crippen molar-refractivity contribution in [2.75, 3.05) is 6.54 Å². The summed E-state index contributed by atoms with van der Waals surface area (Å²) in [4.78, 5) is 22.8. The number of halogens is 1. The Hall–Kier alpha value is -2.00. The van der Waals surface area contributed by atoms with E-state index in [0.29, 0.717) is 6.42 Å². The van der Waals surface area contributed by atoms with Gasteiger partial charge in [0, 0.05) is 13.0 Å². The number of hydrogen-bond donors (Lipinski definition) is 3. The second kappa shape index (κ2) is 8.74. The minimum absolute atomic E-state index is 0.118. The van der Waals surface area contributed by atoms with Gasteiger partial charge in [-0.15, -0.1) is 0 Å². The summed E-state index contributed by atoms with van der Waals surface area (Å²) in [5.41, 5.74) is 0. The molecule has 1 amide bonds. The number of amides is 1. The van der Waals surface area contributed by atoms with Gasteiger partial charge in [-0.3, -0.25) is 4.79 Å². The Morgan fingerprint density at radius 2 is 1.83 bits per heavy atom. The fourth-order valence-corrected chi connectivity index (χ4v) is 2.96. The molecule has 0 aliphatic heterocycles. The number of carbonyl (C=O) groups is 2. The summed E-state index contributed by atoms with van der Waals surface area (Å²) in [7, 11) is -3.85. The van der Waals surface area contributed by atoms with E-state index < -0.39 is 33.8 Å². The summed E-state index contributed by atoms with van der Waals surface area (Å²) in [6.07, 6.45) is 0.370. The van der Waals surface area contributed by atoms with Crippen molar-refractivity contribution < 1.29 is 27.5 Å². The van der Waals surface area contributed by atoms with Crippen molar-refractivity contribution in [3.05, 3.63) is 30.1 Å². The van der Waals surface area contributed by atoms with Gasteiger partial charge in [-0.1, -0.05) is 20.3 Å². The molecular weight excluding hydrogens is 339 g/mol. The summed E-state index contributed by atoms with van der Waals surface area (Å²) in [6, 6.07) is 3.24. The summed E-state index contributed by atoms with van der Waals surface area (Å²) in [5, 5.41) is 11.5. The van der Waals surface area contributed by atoms with Crippen LogP contribution in [0.3, 0.4) is 0 Å². The Bertz CT molecular complexity index is 676. The van der Waals surface area contributed by atoms with Gasteiger partial charge in [-0.25, -0.2) is 22.3 Å². The maximum Gasteiger partial charge on any atom is 0.326 e. The van der Waals surface area contributed by atoms with Crippen molar-refractivity contribution in [3.63, 3.8) is 0 Å². The van der Waals surface area contributed by atoms with Gasteiger partial charge in [0.25, 0.3) is 0 Å². The first kappa shape index (κ1) is 20.0. The molecule has 0 aliphatic rings. The Morgan fingerprint density at radius 1 is 1.25 bits per heavy atom. The highest BCUT2D eigenvalue weighted by Crippen LogP contribution is 2.10. The van der Waals surface area contributed by atoms with Gasteiger partial charge < -0.3 is 10.4 Å². The Kier molecular flexibility index (Phi) is 7.30. The van der Waals surface area contributed by atoms with Gasteiger partial charge in [0.05, 0.1) is 4.90 Å². The predicted molar refractivity (Wildman–Crippen MR) is 85.2 cm³/mol. The van der Waals surface area contributed by atoms with Crippen molar-refractivity contribution in [2.24, 2.45) is 5.92 Å². The molecule has 3 N–H and O–H groups in total. The summed E-state index contributed by atoms with van der Waals surface area (Å²) >= 11 is 0. The predicted octanol–water partition coefficient (Wildman–Crippen LogP) is 1.11. The Balaban J connectivity index is 2.55. The number of aliphatic carboxylic acids is 1. The quantitative estimate of drug-likeness (QED) is 0.611. The zero-order valence-corrected chi connectivity index (χ0v) is 14.3. The highest BCUT2D eigenvalue weighted by molar-refractivity contribution is 7.89. The van der Waals surface area contributed by atoms with Gasteiger partial charge in [0.1, 0.15) is 11.9 Å². The monoisotopic (exact) mass is 360 g/mol. The van der Waals surface area contributed by atoms with E-state index in [1.807, 2.05) is 6.92 Å². The van der Waals surface area contributed by atoms with E-state index in [1.54, 1.807) is 6.92 Å². The molecule has 7 nitrogen and oxygen atoms in total. The molecule has 24 heavy (non-hydrogen) atoms. The van der Waals surface area contributed by atoms with E-state index in [2.05, 4.69) is 10.0 Å². The fraction of sp³-hybridized carbons (Fsp3) is 0.467.